The molecule has 1 atom stereocenters. The molecule has 1 N–H and O–H groups in total. The van der Waals surface area contributed by atoms with Crippen molar-refractivity contribution in [3.63, 3.8) is 0 Å². The molecule has 102 valence electrons. The zero-order chi connectivity index (χ0) is 14.1. The Morgan fingerprint density at radius 2 is 1.95 bits per heavy atom. The number of alkyl halides is 1. The van der Waals surface area contributed by atoms with Crippen molar-refractivity contribution in [1.82, 2.24) is 5.32 Å². The van der Waals surface area contributed by atoms with E-state index in [-0.39, 0.29) is 10.7 Å². The van der Waals surface area contributed by atoms with Crippen LogP contribution in [0, 0.1) is 0 Å². The fourth-order valence-electron chi connectivity index (χ4n) is 2.44. The molecule has 0 saturated carbocycles. The first-order chi connectivity index (χ1) is 9.65. The van der Waals surface area contributed by atoms with Crippen LogP contribution >= 0.6 is 27.5 Å². The number of rotatable bonds is 2. The summed E-state index contributed by atoms with van der Waals surface area (Å²) in [5, 5.41) is 3.59. The van der Waals surface area contributed by atoms with Crippen molar-refractivity contribution in [1.29, 1.82) is 0 Å². The summed E-state index contributed by atoms with van der Waals surface area (Å²) < 4.78 is 0. The maximum absolute atomic E-state index is 11.9. The zero-order valence-electron chi connectivity index (χ0n) is 10.7. The average molecular weight is 351 g/mol. The number of hydrogen-bond acceptors (Lipinski definition) is 1. The highest BCUT2D eigenvalue weighted by molar-refractivity contribution is 9.09. The number of hydrogen-bond donors (Lipinski definition) is 1. The summed E-state index contributed by atoms with van der Waals surface area (Å²) in [6, 6.07) is 13.8. The maximum Gasteiger partial charge on any atom is 0.251 e. The number of fused-ring (bicyclic) bond motifs is 1. The fourth-order valence-corrected chi connectivity index (χ4v) is 3.21. The van der Waals surface area contributed by atoms with Gasteiger partial charge in [0.15, 0.2) is 0 Å². The van der Waals surface area contributed by atoms with E-state index in [9.17, 15) is 4.79 Å². The molecular weight excluding hydrogens is 338 g/mol. The van der Waals surface area contributed by atoms with Crippen molar-refractivity contribution >= 4 is 33.4 Å². The molecule has 0 aromatic heterocycles. The number of carbonyl (C=O) groups excluding carboxylic acids is 1. The Kier molecular flexibility index (Phi) is 3.81. The number of carbonyl (C=O) groups is 1. The van der Waals surface area contributed by atoms with Crippen LogP contribution in [0.5, 0.6) is 0 Å². The molecule has 1 amide bonds. The Hall–Kier alpha value is -1.32. The molecule has 0 spiro atoms. The van der Waals surface area contributed by atoms with Gasteiger partial charge in [0.1, 0.15) is 0 Å². The molecule has 1 unspecified atom stereocenters. The van der Waals surface area contributed by atoms with Crippen LogP contribution in [0.25, 0.3) is 0 Å². The Labute approximate surface area is 131 Å². The second-order valence-corrected chi connectivity index (χ2v) is 6.19. The summed E-state index contributed by atoms with van der Waals surface area (Å²) in [5.74, 6) is 0.0129. The van der Waals surface area contributed by atoms with Crippen molar-refractivity contribution in [2.75, 3.05) is 6.54 Å². The molecule has 0 fully saturated rings. The largest absolute Gasteiger partial charge is 0.352 e. The summed E-state index contributed by atoms with van der Waals surface area (Å²) in [6.45, 7) is 0.719. The standard InChI is InChI=1S/C16H13BrClNO/c17-15(11-2-1-3-13(18)8-11)12-5-4-10-6-7-19-16(20)14(10)9-12/h1-5,8-9,15H,6-7H2,(H,19,20). The minimum atomic E-state index is 0.0129. The number of amides is 1. The monoisotopic (exact) mass is 349 g/mol. The molecule has 20 heavy (non-hydrogen) atoms. The third-order valence-electron chi connectivity index (χ3n) is 3.49. The van der Waals surface area contributed by atoms with E-state index in [1.165, 1.54) is 0 Å². The normalized spacial score (nSPS) is 15.4. The van der Waals surface area contributed by atoms with E-state index < -0.39 is 0 Å². The SMILES string of the molecule is O=C1NCCc2ccc(C(Br)c3cccc(Cl)c3)cc21. The number of nitrogens with one attached hydrogen (secondary N) is 1. The number of halogens is 2. The lowest BCUT2D eigenvalue weighted by atomic mass is 9.95. The van der Waals surface area contributed by atoms with E-state index in [2.05, 4.69) is 27.3 Å². The fraction of sp³-hybridized carbons (Fsp3) is 0.188. The van der Waals surface area contributed by atoms with E-state index in [0.29, 0.717) is 5.02 Å². The highest BCUT2D eigenvalue weighted by Gasteiger charge is 2.19. The highest BCUT2D eigenvalue weighted by atomic mass is 79.9. The molecule has 2 nitrogen and oxygen atoms in total. The first-order valence-corrected chi connectivity index (χ1v) is 7.75. The van der Waals surface area contributed by atoms with Crippen LogP contribution in [-0.2, 0) is 6.42 Å². The summed E-state index contributed by atoms with van der Waals surface area (Å²) >= 11 is 9.72. The molecule has 4 heteroatoms. The lowest BCUT2D eigenvalue weighted by Crippen LogP contribution is -2.31. The van der Waals surface area contributed by atoms with Crippen molar-refractivity contribution in [2.45, 2.75) is 11.2 Å². The lowest BCUT2D eigenvalue weighted by molar-refractivity contribution is 0.0946. The first-order valence-electron chi connectivity index (χ1n) is 6.46. The summed E-state index contributed by atoms with van der Waals surface area (Å²) in [4.78, 5) is 11.9. The zero-order valence-corrected chi connectivity index (χ0v) is 13.0. The van der Waals surface area contributed by atoms with Gasteiger partial charge in [0, 0.05) is 17.1 Å². The second-order valence-electron chi connectivity index (χ2n) is 4.84. The van der Waals surface area contributed by atoms with Gasteiger partial charge in [0.05, 0.1) is 4.83 Å². The molecule has 2 aromatic carbocycles. The summed E-state index contributed by atoms with van der Waals surface area (Å²) in [5.41, 5.74) is 4.03. The van der Waals surface area contributed by atoms with Crippen LogP contribution in [0.1, 0.15) is 31.9 Å². The van der Waals surface area contributed by atoms with E-state index in [4.69, 9.17) is 11.6 Å². The minimum absolute atomic E-state index is 0.0129. The maximum atomic E-state index is 11.9. The van der Waals surface area contributed by atoms with Gasteiger partial charge in [-0.05, 0) is 41.3 Å². The van der Waals surface area contributed by atoms with Crippen molar-refractivity contribution in [3.05, 3.63) is 69.7 Å². The first kappa shape index (κ1) is 13.7. The Balaban J connectivity index is 1.98. The quantitative estimate of drug-likeness (QED) is 0.811. The summed E-state index contributed by atoms with van der Waals surface area (Å²) in [6.07, 6.45) is 0.894. The van der Waals surface area contributed by atoms with E-state index in [1.54, 1.807) is 0 Å². The third-order valence-corrected chi connectivity index (χ3v) is 4.78. The van der Waals surface area contributed by atoms with Crippen LogP contribution in [-0.4, -0.2) is 12.5 Å². The predicted molar refractivity (Wildman–Crippen MR) is 84.7 cm³/mol. The summed E-state index contributed by atoms with van der Waals surface area (Å²) in [7, 11) is 0. The molecule has 1 heterocycles. The molecular formula is C16H13BrClNO. The van der Waals surface area contributed by atoms with Gasteiger partial charge in [-0.1, -0.05) is 51.8 Å². The van der Waals surface area contributed by atoms with Crippen molar-refractivity contribution in [3.8, 4) is 0 Å². The highest BCUT2D eigenvalue weighted by Crippen LogP contribution is 2.33. The molecule has 1 aliphatic heterocycles. The molecule has 0 aliphatic carbocycles. The predicted octanol–water partition coefficient (Wildman–Crippen LogP) is 4.11. The van der Waals surface area contributed by atoms with Gasteiger partial charge in [-0.15, -0.1) is 0 Å². The van der Waals surface area contributed by atoms with Crippen LogP contribution in [0.3, 0.4) is 0 Å². The lowest BCUT2D eigenvalue weighted by Gasteiger charge is -2.19. The Morgan fingerprint density at radius 3 is 2.75 bits per heavy atom. The van der Waals surface area contributed by atoms with E-state index >= 15 is 0 Å². The third kappa shape index (κ3) is 2.60. The van der Waals surface area contributed by atoms with Gasteiger partial charge < -0.3 is 5.32 Å². The van der Waals surface area contributed by atoms with Crippen LogP contribution in [0.4, 0.5) is 0 Å². The Bertz CT molecular complexity index is 671. The molecule has 0 bridgehead atoms. The van der Waals surface area contributed by atoms with Crippen molar-refractivity contribution in [2.24, 2.45) is 0 Å². The Morgan fingerprint density at radius 1 is 1.15 bits per heavy atom. The number of benzene rings is 2. The van der Waals surface area contributed by atoms with Crippen LogP contribution < -0.4 is 5.32 Å². The molecule has 0 saturated heterocycles. The molecule has 2 aromatic rings. The average Bonchev–Trinajstić information content (AvgIpc) is 2.47. The minimum Gasteiger partial charge on any atom is -0.352 e. The smallest absolute Gasteiger partial charge is 0.251 e. The van der Waals surface area contributed by atoms with Gasteiger partial charge in [0.25, 0.3) is 5.91 Å². The van der Waals surface area contributed by atoms with Gasteiger partial charge >= 0.3 is 0 Å². The molecule has 3 rings (SSSR count). The van der Waals surface area contributed by atoms with E-state index in [1.807, 2.05) is 36.4 Å². The molecule has 1 aliphatic rings. The molecule has 0 radical (unpaired) electrons. The van der Waals surface area contributed by atoms with Crippen LogP contribution in [0.2, 0.25) is 5.02 Å². The second kappa shape index (κ2) is 5.58. The van der Waals surface area contributed by atoms with Crippen molar-refractivity contribution < 1.29 is 4.79 Å². The van der Waals surface area contributed by atoms with Gasteiger partial charge in [0.2, 0.25) is 0 Å². The topological polar surface area (TPSA) is 29.1 Å². The van der Waals surface area contributed by atoms with Gasteiger partial charge in [-0.25, -0.2) is 0 Å². The van der Waals surface area contributed by atoms with Crippen LogP contribution in [0.15, 0.2) is 42.5 Å². The van der Waals surface area contributed by atoms with E-state index in [0.717, 1.165) is 35.2 Å². The van der Waals surface area contributed by atoms with Gasteiger partial charge in [-0.3, -0.25) is 4.79 Å². The van der Waals surface area contributed by atoms with Gasteiger partial charge in [-0.2, -0.15) is 0 Å².